The molecule has 3 nitrogen and oxygen atoms in total. The van der Waals surface area contributed by atoms with Crippen molar-refractivity contribution in [1.82, 2.24) is 14.5 Å². The van der Waals surface area contributed by atoms with Gasteiger partial charge in [-0.25, -0.2) is 4.98 Å². The van der Waals surface area contributed by atoms with Crippen LogP contribution in [0.5, 0.6) is 0 Å². The first-order valence-electron chi connectivity index (χ1n) is 11.7. The third kappa shape index (κ3) is 2.69. The van der Waals surface area contributed by atoms with Gasteiger partial charge in [-0.2, -0.15) is 0 Å². The van der Waals surface area contributed by atoms with E-state index < -0.39 is 0 Å². The largest absolute Gasteiger partial charge is 0.353 e. The van der Waals surface area contributed by atoms with Gasteiger partial charge >= 0.3 is 0 Å². The Bertz CT molecular complexity index is 2020. The predicted molar refractivity (Wildman–Crippen MR) is 149 cm³/mol. The van der Waals surface area contributed by atoms with Crippen LogP contribution in [-0.2, 0) is 0 Å². The van der Waals surface area contributed by atoms with Crippen molar-refractivity contribution in [2.45, 2.75) is 0 Å². The third-order valence-corrected chi connectivity index (χ3v) is 8.07. The standard InChI is InChI=1S/C31H19N3S/c1-3-9-25-21(7-1)23-17-18-24-22-8-2-5-11-27(22)34(30(24)29(23)32-25)20-15-13-19(14-16-20)31-33-26-10-4-6-12-28(26)35-31/h1-18,32H. The van der Waals surface area contributed by atoms with Crippen LogP contribution in [0.2, 0.25) is 0 Å². The van der Waals surface area contributed by atoms with Gasteiger partial charge in [-0.05, 0) is 48.5 Å². The molecule has 3 aromatic heterocycles. The van der Waals surface area contributed by atoms with Crippen LogP contribution in [0.25, 0.3) is 70.1 Å². The first kappa shape index (κ1) is 19.0. The number of nitrogens with zero attached hydrogens (tertiary/aromatic N) is 2. The topological polar surface area (TPSA) is 33.6 Å². The zero-order valence-corrected chi connectivity index (χ0v) is 19.5. The highest BCUT2D eigenvalue weighted by Crippen LogP contribution is 2.39. The number of hydrogen-bond donors (Lipinski definition) is 1. The second-order valence-corrected chi connectivity index (χ2v) is 9.97. The molecule has 0 aliphatic heterocycles. The highest BCUT2D eigenvalue weighted by atomic mass is 32.1. The number of fused-ring (bicyclic) bond motifs is 8. The lowest BCUT2D eigenvalue weighted by Crippen LogP contribution is -1.94. The van der Waals surface area contributed by atoms with Crippen molar-refractivity contribution in [3.8, 4) is 16.3 Å². The molecule has 35 heavy (non-hydrogen) atoms. The van der Waals surface area contributed by atoms with E-state index in [1.165, 1.54) is 42.8 Å². The molecule has 8 rings (SSSR count). The Balaban J connectivity index is 1.40. The second kappa shape index (κ2) is 7.05. The Labute approximate surface area is 204 Å². The molecule has 5 aromatic carbocycles. The van der Waals surface area contributed by atoms with Crippen LogP contribution in [-0.4, -0.2) is 14.5 Å². The number of aromatic nitrogens is 3. The predicted octanol–water partition coefficient (Wildman–Crippen LogP) is 8.69. The lowest BCUT2D eigenvalue weighted by Gasteiger charge is -2.09. The Hall–Kier alpha value is -4.41. The molecule has 0 saturated carbocycles. The molecule has 4 heteroatoms. The molecule has 0 aliphatic rings. The fourth-order valence-electron chi connectivity index (χ4n) is 5.39. The summed E-state index contributed by atoms with van der Waals surface area (Å²) in [6.45, 7) is 0. The monoisotopic (exact) mass is 465 g/mol. The van der Waals surface area contributed by atoms with E-state index in [0.717, 1.165) is 27.3 Å². The molecule has 0 fully saturated rings. The maximum Gasteiger partial charge on any atom is 0.124 e. The third-order valence-electron chi connectivity index (χ3n) is 6.98. The number of benzene rings is 5. The zero-order chi connectivity index (χ0) is 22.9. The summed E-state index contributed by atoms with van der Waals surface area (Å²) in [7, 11) is 0. The molecule has 0 spiro atoms. The Morgan fingerprint density at radius 1 is 0.629 bits per heavy atom. The molecular formula is C31H19N3S. The van der Waals surface area contributed by atoms with Gasteiger partial charge in [0.15, 0.2) is 0 Å². The number of para-hydroxylation sites is 3. The summed E-state index contributed by atoms with van der Waals surface area (Å²) in [4.78, 5) is 8.56. The van der Waals surface area contributed by atoms with Gasteiger partial charge in [0.25, 0.3) is 0 Å². The Morgan fingerprint density at radius 3 is 2.26 bits per heavy atom. The number of aromatic amines is 1. The maximum absolute atomic E-state index is 4.85. The lowest BCUT2D eigenvalue weighted by atomic mass is 10.1. The van der Waals surface area contributed by atoms with E-state index in [4.69, 9.17) is 4.98 Å². The molecule has 0 amide bonds. The summed E-state index contributed by atoms with van der Waals surface area (Å²) >= 11 is 1.74. The SMILES string of the molecule is c1ccc2sc(-c3ccc(-n4c5ccccc5c5ccc6c7ccccc7[nH]c6c54)cc3)nc2c1. The smallest absolute Gasteiger partial charge is 0.124 e. The number of nitrogens with one attached hydrogen (secondary N) is 1. The summed E-state index contributed by atoms with van der Waals surface area (Å²) in [5, 5.41) is 6.09. The van der Waals surface area contributed by atoms with E-state index in [9.17, 15) is 0 Å². The van der Waals surface area contributed by atoms with Crippen molar-refractivity contribution in [2.75, 3.05) is 0 Å². The first-order valence-corrected chi connectivity index (χ1v) is 12.6. The second-order valence-electron chi connectivity index (χ2n) is 8.94. The zero-order valence-electron chi connectivity index (χ0n) is 18.7. The molecule has 0 aliphatic carbocycles. The van der Waals surface area contributed by atoms with Crippen LogP contribution in [0, 0.1) is 0 Å². The van der Waals surface area contributed by atoms with Gasteiger partial charge in [0.1, 0.15) is 5.01 Å². The normalized spacial score (nSPS) is 12.0. The van der Waals surface area contributed by atoms with E-state index in [0.29, 0.717) is 0 Å². The highest BCUT2D eigenvalue weighted by Gasteiger charge is 2.17. The van der Waals surface area contributed by atoms with Crippen molar-refractivity contribution >= 4 is 65.2 Å². The summed E-state index contributed by atoms with van der Waals surface area (Å²) < 4.78 is 3.61. The summed E-state index contributed by atoms with van der Waals surface area (Å²) in [6.07, 6.45) is 0. The van der Waals surface area contributed by atoms with Crippen molar-refractivity contribution in [1.29, 1.82) is 0 Å². The van der Waals surface area contributed by atoms with Crippen LogP contribution in [0.15, 0.2) is 109 Å². The van der Waals surface area contributed by atoms with Crippen LogP contribution < -0.4 is 0 Å². The van der Waals surface area contributed by atoms with Crippen molar-refractivity contribution in [3.63, 3.8) is 0 Å². The Morgan fingerprint density at radius 2 is 1.37 bits per heavy atom. The molecule has 0 bridgehead atoms. The molecule has 164 valence electrons. The number of H-pyrrole nitrogens is 1. The molecule has 1 N–H and O–H groups in total. The number of rotatable bonds is 2. The lowest BCUT2D eigenvalue weighted by molar-refractivity contribution is 1.18. The molecule has 8 aromatic rings. The van der Waals surface area contributed by atoms with E-state index in [2.05, 4.69) is 113 Å². The van der Waals surface area contributed by atoms with Gasteiger partial charge in [-0.15, -0.1) is 11.3 Å². The van der Waals surface area contributed by atoms with Crippen molar-refractivity contribution in [3.05, 3.63) is 109 Å². The summed E-state index contributed by atoms with van der Waals surface area (Å²) in [6, 6.07) is 38.9. The average molecular weight is 466 g/mol. The van der Waals surface area contributed by atoms with Crippen LogP contribution in [0.4, 0.5) is 0 Å². The quantitative estimate of drug-likeness (QED) is 0.272. The number of hydrogen-bond acceptors (Lipinski definition) is 2. The van der Waals surface area contributed by atoms with Crippen LogP contribution >= 0.6 is 11.3 Å². The molecule has 0 atom stereocenters. The molecule has 0 radical (unpaired) electrons. The van der Waals surface area contributed by atoms with Gasteiger partial charge in [0.05, 0.1) is 26.8 Å². The van der Waals surface area contributed by atoms with Gasteiger partial charge in [0.2, 0.25) is 0 Å². The minimum atomic E-state index is 1.05. The molecule has 3 heterocycles. The van der Waals surface area contributed by atoms with Crippen molar-refractivity contribution in [2.24, 2.45) is 0 Å². The fraction of sp³-hybridized carbons (Fsp3) is 0. The van der Waals surface area contributed by atoms with E-state index in [1.807, 2.05) is 6.07 Å². The first-order chi connectivity index (χ1) is 17.3. The van der Waals surface area contributed by atoms with E-state index in [1.54, 1.807) is 11.3 Å². The maximum atomic E-state index is 4.85. The van der Waals surface area contributed by atoms with Gasteiger partial charge in [-0.3, -0.25) is 0 Å². The fourth-order valence-corrected chi connectivity index (χ4v) is 6.36. The minimum Gasteiger partial charge on any atom is -0.353 e. The summed E-state index contributed by atoms with van der Waals surface area (Å²) in [5.41, 5.74) is 8.11. The Kier molecular flexibility index (Phi) is 3.82. The minimum absolute atomic E-state index is 1.05. The highest BCUT2D eigenvalue weighted by molar-refractivity contribution is 7.21. The van der Waals surface area contributed by atoms with Crippen LogP contribution in [0.1, 0.15) is 0 Å². The molecular weight excluding hydrogens is 446 g/mol. The van der Waals surface area contributed by atoms with Gasteiger partial charge in [-0.1, -0.05) is 60.7 Å². The van der Waals surface area contributed by atoms with Gasteiger partial charge < -0.3 is 9.55 Å². The molecule has 0 unspecified atom stereocenters. The van der Waals surface area contributed by atoms with Crippen molar-refractivity contribution < 1.29 is 0 Å². The average Bonchev–Trinajstić information content (AvgIpc) is 3.60. The van der Waals surface area contributed by atoms with E-state index >= 15 is 0 Å². The van der Waals surface area contributed by atoms with Crippen LogP contribution in [0.3, 0.4) is 0 Å². The summed E-state index contributed by atoms with van der Waals surface area (Å²) in [5.74, 6) is 0. The van der Waals surface area contributed by atoms with Gasteiger partial charge in [0, 0.05) is 38.3 Å². The van der Waals surface area contributed by atoms with E-state index in [-0.39, 0.29) is 0 Å². The molecule has 0 saturated heterocycles. The number of thiazole rings is 1.